The van der Waals surface area contributed by atoms with E-state index in [4.69, 9.17) is 4.74 Å². The van der Waals surface area contributed by atoms with Crippen LogP contribution in [0.2, 0.25) is 0 Å². The van der Waals surface area contributed by atoms with Gasteiger partial charge in [0.15, 0.2) is 0 Å². The van der Waals surface area contributed by atoms with E-state index in [9.17, 15) is 27.2 Å². The van der Waals surface area contributed by atoms with Crippen LogP contribution in [0.1, 0.15) is 53.2 Å². The van der Waals surface area contributed by atoms with Crippen molar-refractivity contribution in [3.63, 3.8) is 0 Å². The highest BCUT2D eigenvalue weighted by atomic mass is 19.4. The lowest BCUT2D eigenvalue weighted by Gasteiger charge is -2.22. The summed E-state index contributed by atoms with van der Waals surface area (Å²) in [6.07, 6.45) is -3.26. The van der Waals surface area contributed by atoms with Gasteiger partial charge in [-0.1, -0.05) is 6.92 Å². The lowest BCUT2D eigenvalue weighted by Crippen LogP contribution is -2.25. The third-order valence-electron chi connectivity index (χ3n) is 5.81. The van der Waals surface area contributed by atoms with Crippen molar-refractivity contribution >= 4 is 17.6 Å². The van der Waals surface area contributed by atoms with Crippen LogP contribution >= 0.6 is 0 Å². The van der Waals surface area contributed by atoms with E-state index in [1.807, 2.05) is 0 Å². The van der Waals surface area contributed by atoms with Gasteiger partial charge in [-0.2, -0.15) is 13.2 Å². The van der Waals surface area contributed by atoms with Crippen LogP contribution in [0.4, 0.5) is 23.2 Å². The zero-order valence-electron chi connectivity index (χ0n) is 16.1. The van der Waals surface area contributed by atoms with Gasteiger partial charge in [0.25, 0.3) is 0 Å². The molecule has 1 fully saturated rings. The van der Waals surface area contributed by atoms with Crippen molar-refractivity contribution < 1.29 is 31.9 Å². The molecule has 0 radical (unpaired) electrons. The number of hydrogen-bond donors (Lipinski definition) is 1. The van der Waals surface area contributed by atoms with Crippen molar-refractivity contribution in [1.29, 1.82) is 0 Å². The van der Waals surface area contributed by atoms with E-state index in [-0.39, 0.29) is 24.5 Å². The third kappa shape index (κ3) is 3.78. The Bertz CT molecular complexity index is 1030. The molecule has 2 aliphatic rings. The number of nitrogens with one attached hydrogen (secondary N) is 1. The normalized spacial score (nSPS) is 17.8. The van der Waals surface area contributed by atoms with Crippen LogP contribution in [0.3, 0.4) is 0 Å². The van der Waals surface area contributed by atoms with Gasteiger partial charge in [0.1, 0.15) is 12.4 Å². The summed E-state index contributed by atoms with van der Waals surface area (Å²) >= 11 is 0. The lowest BCUT2D eigenvalue weighted by atomic mass is 9.85. The van der Waals surface area contributed by atoms with E-state index in [2.05, 4.69) is 5.32 Å². The van der Waals surface area contributed by atoms with Crippen molar-refractivity contribution in [2.24, 2.45) is 5.92 Å². The molecule has 2 aromatic carbocycles. The molecule has 2 aromatic rings. The number of fused-ring (bicyclic) bond motifs is 1. The van der Waals surface area contributed by atoms with E-state index < -0.39 is 34.9 Å². The van der Waals surface area contributed by atoms with Crippen molar-refractivity contribution in [1.82, 2.24) is 0 Å². The number of alkyl halides is 3. The summed E-state index contributed by atoms with van der Waals surface area (Å²) < 4.78 is 58.4. The first-order chi connectivity index (χ1) is 14.1. The average molecular weight is 421 g/mol. The molecule has 1 saturated carbocycles. The van der Waals surface area contributed by atoms with Gasteiger partial charge in [-0.3, -0.25) is 4.79 Å². The molecule has 0 bridgehead atoms. The van der Waals surface area contributed by atoms with Gasteiger partial charge in [-0.05, 0) is 66.6 Å². The number of carbonyl (C=O) groups excluding carboxylic acids is 2. The van der Waals surface area contributed by atoms with Crippen molar-refractivity contribution in [3.8, 4) is 0 Å². The molecular weight excluding hydrogens is 402 g/mol. The minimum absolute atomic E-state index is 0.0187. The zero-order valence-corrected chi connectivity index (χ0v) is 16.1. The number of hydrogen-bond acceptors (Lipinski definition) is 3. The number of amides is 1. The Kier molecular flexibility index (Phi) is 4.83. The van der Waals surface area contributed by atoms with E-state index in [1.165, 1.54) is 0 Å². The Morgan fingerprint density at radius 1 is 1.20 bits per heavy atom. The topological polar surface area (TPSA) is 55.4 Å². The molecule has 30 heavy (non-hydrogen) atoms. The molecule has 4 nitrogen and oxygen atoms in total. The molecule has 1 atom stereocenters. The number of carbonyl (C=O) groups is 2. The Hall–Kier alpha value is -2.90. The van der Waals surface area contributed by atoms with Crippen molar-refractivity contribution in [2.45, 2.75) is 44.4 Å². The Labute approximate surface area is 170 Å². The summed E-state index contributed by atoms with van der Waals surface area (Å²) in [5, 5.41) is 2.76. The number of benzene rings is 2. The second kappa shape index (κ2) is 7.11. The summed E-state index contributed by atoms with van der Waals surface area (Å²) in [7, 11) is 0. The van der Waals surface area contributed by atoms with Crippen molar-refractivity contribution in [3.05, 3.63) is 64.5 Å². The maximum Gasteiger partial charge on any atom is 0.416 e. The number of cyclic esters (lactones) is 1. The van der Waals surface area contributed by atoms with Gasteiger partial charge < -0.3 is 10.1 Å². The second-order valence-corrected chi connectivity index (χ2v) is 8.02. The van der Waals surface area contributed by atoms with Crippen LogP contribution in [0, 0.1) is 11.7 Å². The summed E-state index contributed by atoms with van der Waals surface area (Å²) in [5.74, 6) is -1.96. The van der Waals surface area contributed by atoms with Gasteiger partial charge in [-0.15, -0.1) is 0 Å². The number of halogens is 4. The fourth-order valence-corrected chi connectivity index (χ4v) is 4.00. The van der Waals surface area contributed by atoms with Gasteiger partial charge in [0.05, 0.1) is 11.1 Å². The molecule has 0 spiro atoms. The first kappa shape index (κ1) is 20.4. The fraction of sp³-hybridized carbons (Fsp3) is 0.364. The summed E-state index contributed by atoms with van der Waals surface area (Å²) in [4.78, 5) is 24.2. The SMILES string of the molecule is CC(CC1(c2cc(C(F)(F)F)ccc2F)CC1)C(=O)Nc1ccc2c(c1)COC2=O. The molecule has 0 aromatic heterocycles. The smallest absolute Gasteiger partial charge is 0.416 e. The highest BCUT2D eigenvalue weighted by Crippen LogP contribution is 2.54. The third-order valence-corrected chi connectivity index (χ3v) is 5.81. The zero-order chi connectivity index (χ0) is 21.7. The minimum atomic E-state index is -4.56. The minimum Gasteiger partial charge on any atom is -0.457 e. The van der Waals surface area contributed by atoms with E-state index in [0.717, 1.165) is 18.2 Å². The number of rotatable bonds is 5. The molecule has 1 unspecified atom stereocenters. The van der Waals surface area contributed by atoms with Gasteiger partial charge in [0, 0.05) is 17.2 Å². The van der Waals surface area contributed by atoms with Gasteiger partial charge in [-0.25, -0.2) is 9.18 Å². The Morgan fingerprint density at radius 3 is 2.60 bits per heavy atom. The summed E-state index contributed by atoms with van der Waals surface area (Å²) in [6, 6.07) is 7.26. The Morgan fingerprint density at radius 2 is 1.93 bits per heavy atom. The maximum absolute atomic E-state index is 14.3. The van der Waals surface area contributed by atoms with Crippen LogP contribution in [0.25, 0.3) is 0 Å². The molecule has 0 saturated heterocycles. The summed E-state index contributed by atoms with van der Waals surface area (Å²) in [6.45, 7) is 1.81. The molecule has 1 amide bonds. The molecular formula is C22H19F4NO3. The molecule has 1 N–H and O–H groups in total. The van der Waals surface area contributed by atoms with Crippen LogP contribution in [-0.4, -0.2) is 11.9 Å². The predicted molar refractivity (Wildman–Crippen MR) is 100 cm³/mol. The Balaban J connectivity index is 1.48. The molecule has 4 rings (SSSR count). The second-order valence-electron chi connectivity index (χ2n) is 8.02. The lowest BCUT2D eigenvalue weighted by molar-refractivity contribution is -0.137. The highest BCUT2D eigenvalue weighted by Gasteiger charge is 2.48. The van der Waals surface area contributed by atoms with Crippen LogP contribution < -0.4 is 5.32 Å². The van der Waals surface area contributed by atoms with E-state index >= 15 is 0 Å². The fourth-order valence-electron chi connectivity index (χ4n) is 4.00. The summed E-state index contributed by atoms with van der Waals surface area (Å²) in [5.41, 5.74) is -0.00480. The number of ether oxygens (including phenoxy) is 1. The molecule has 1 aliphatic heterocycles. The van der Waals surface area contributed by atoms with Crippen LogP contribution in [0.5, 0.6) is 0 Å². The van der Waals surface area contributed by atoms with E-state index in [1.54, 1.807) is 25.1 Å². The first-order valence-corrected chi connectivity index (χ1v) is 9.57. The molecule has 8 heteroatoms. The standard InChI is InChI=1S/C22H19F4NO3/c1-12(19(28)27-15-3-4-16-13(8-15)11-30-20(16)29)10-21(6-7-21)17-9-14(22(24,25)26)2-5-18(17)23/h2-5,8-9,12H,6-7,10-11H2,1H3,(H,27,28). The quantitative estimate of drug-likeness (QED) is 0.533. The average Bonchev–Trinajstić information content (AvgIpc) is 3.36. The molecule has 1 aliphatic carbocycles. The van der Waals surface area contributed by atoms with Gasteiger partial charge in [0.2, 0.25) is 5.91 Å². The predicted octanol–water partition coefficient (Wildman–Crippen LogP) is 5.21. The van der Waals surface area contributed by atoms with Crippen LogP contribution in [-0.2, 0) is 27.7 Å². The number of anilines is 1. The molecule has 1 heterocycles. The number of esters is 1. The largest absolute Gasteiger partial charge is 0.457 e. The highest BCUT2D eigenvalue weighted by molar-refractivity contribution is 5.96. The van der Waals surface area contributed by atoms with E-state index in [0.29, 0.717) is 29.7 Å². The monoisotopic (exact) mass is 421 g/mol. The van der Waals surface area contributed by atoms with Gasteiger partial charge >= 0.3 is 12.1 Å². The molecule has 158 valence electrons. The maximum atomic E-state index is 14.3. The van der Waals surface area contributed by atoms with Crippen LogP contribution in [0.15, 0.2) is 36.4 Å². The first-order valence-electron chi connectivity index (χ1n) is 9.57. The van der Waals surface area contributed by atoms with Crippen molar-refractivity contribution in [2.75, 3.05) is 5.32 Å².